The number of aryl methyl sites for hydroxylation is 2. The molecule has 2 heteroatoms. The van der Waals surface area contributed by atoms with Crippen molar-refractivity contribution in [2.75, 3.05) is 5.88 Å². The number of halogens is 1. The van der Waals surface area contributed by atoms with Gasteiger partial charge in [-0.3, -0.25) is 4.98 Å². The van der Waals surface area contributed by atoms with Crippen LogP contribution in [0.4, 0.5) is 0 Å². The molecule has 1 rings (SSSR count). The first-order chi connectivity index (χ1) is 5.83. The van der Waals surface area contributed by atoms with Crippen molar-refractivity contribution in [3.63, 3.8) is 0 Å². The van der Waals surface area contributed by atoms with E-state index in [4.69, 9.17) is 11.6 Å². The Kier molecular flexibility index (Phi) is 4.09. The van der Waals surface area contributed by atoms with Crippen LogP contribution < -0.4 is 0 Å². The molecule has 12 heavy (non-hydrogen) atoms. The van der Waals surface area contributed by atoms with E-state index in [1.807, 2.05) is 6.20 Å². The second-order valence-electron chi connectivity index (χ2n) is 2.97. The Labute approximate surface area is 78.8 Å². The number of alkyl halides is 1. The van der Waals surface area contributed by atoms with Crippen LogP contribution in [0.3, 0.4) is 0 Å². The fourth-order valence-corrected chi connectivity index (χ4v) is 1.24. The third-order valence-corrected chi connectivity index (χ3v) is 2.06. The van der Waals surface area contributed by atoms with Gasteiger partial charge in [-0.25, -0.2) is 0 Å². The molecule has 0 aromatic carbocycles. The van der Waals surface area contributed by atoms with Gasteiger partial charge in [-0.1, -0.05) is 6.07 Å². The lowest BCUT2D eigenvalue weighted by Crippen LogP contribution is -1.90. The molecule has 0 radical (unpaired) electrons. The van der Waals surface area contributed by atoms with Gasteiger partial charge in [0, 0.05) is 17.8 Å². The van der Waals surface area contributed by atoms with Gasteiger partial charge in [0.2, 0.25) is 0 Å². The summed E-state index contributed by atoms with van der Waals surface area (Å²) in [7, 11) is 0. The summed E-state index contributed by atoms with van der Waals surface area (Å²) >= 11 is 5.57. The summed E-state index contributed by atoms with van der Waals surface area (Å²) in [4.78, 5) is 4.31. The van der Waals surface area contributed by atoms with Gasteiger partial charge >= 0.3 is 0 Å². The van der Waals surface area contributed by atoms with Gasteiger partial charge in [0.05, 0.1) is 0 Å². The van der Waals surface area contributed by atoms with Crippen molar-refractivity contribution in [3.8, 4) is 0 Å². The highest BCUT2D eigenvalue weighted by atomic mass is 35.5. The van der Waals surface area contributed by atoms with Gasteiger partial charge in [0.1, 0.15) is 0 Å². The maximum atomic E-state index is 5.57. The van der Waals surface area contributed by atoms with Crippen LogP contribution in [0.15, 0.2) is 18.3 Å². The molecule has 0 saturated heterocycles. The van der Waals surface area contributed by atoms with Gasteiger partial charge in [-0.2, -0.15) is 0 Å². The van der Waals surface area contributed by atoms with Crippen molar-refractivity contribution >= 4 is 11.6 Å². The van der Waals surface area contributed by atoms with E-state index < -0.39 is 0 Å². The second kappa shape index (κ2) is 5.15. The first-order valence-electron chi connectivity index (χ1n) is 4.30. The minimum atomic E-state index is 0.756. The Morgan fingerprint density at radius 3 is 2.75 bits per heavy atom. The number of nitrogens with zero attached hydrogens (tertiary/aromatic N) is 1. The molecular formula is C10H14ClN. The number of hydrogen-bond acceptors (Lipinski definition) is 1. The molecule has 0 aliphatic heterocycles. The van der Waals surface area contributed by atoms with E-state index in [2.05, 4.69) is 24.0 Å². The van der Waals surface area contributed by atoms with E-state index in [9.17, 15) is 0 Å². The van der Waals surface area contributed by atoms with Crippen molar-refractivity contribution in [2.45, 2.75) is 26.2 Å². The maximum absolute atomic E-state index is 5.57. The van der Waals surface area contributed by atoms with Crippen LogP contribution in [-0.4, -0.2) is 10.9 Å². The third-order valence-electron chi connectivity index (χ3n) is 1.79. The third kappa shape index (κ3) is 3.22. The number of unbranched alkanes of at least 4 members (excludes halogenated alkanes) is 1. The average molecular weight is 184 g/mol. The first kappa shape index (κ1) is 9.53. The monoisotopic (exact) mass is 183 g/mol. The molecular weight excluding hydrogens is 170 g/mol. The van der Waals surface area contributed by atoms with Gasteiger partial charge in [0.25, 0.3) is 0 Å². The summed E-state index contributed by atoms with van der Waals surface area (Å²) < 4.78 is 0. The molecule has 0 amide bonds. The molecule has 0 aliphatic rings. The van der Waals surface area contributed by atoms with Crippen LogP contribution >= 0.6 is 11.6 Å². The smallest absolute Gasteiger partial charge is 0.0403 e. The zero-order chi connectivity index (χ0) is 8.81. The van der Waals surface area contributed by atoms with Crippen LogP contribution in [0, 0.1) is 6.92 Å². The van der Waals surface area contributed by atoms with Gasteiger partial charge in [-0.05, 0) is 37.8 Å². The highest BCUT2D eigenvalue weighted by Gasteiger charge is 1.93. The number of hydrogen-bond donors (Lipinski definition) is 0. The van der Waals surface area contributed by atoms with Crippen LogP contribution in [0.5, 0.6) is 0 Å². The van der Waals surface area contributed by atoms with E-state index >= 15 is 0 Å². The highest BCUT2D eigenvalue weighted by Crippen LogP contribution is 2.03. The molecule has 1 aromatic rings. The summed E-state index contributed by atoms with van der Waals surface area (Å²) in [6.45, 7) is 2.05. The Morgan fingerprint density at radius 2 is 2.17 bits per heavy atom. The quantitative estimate of drug-likeness (QED) is 0.517. The lowest BCUT2D eigenvalue weighted by atomic mass is 10.2. The van der Waals surface area contributed by atoms with Crippen LogP contribution in [0.2, 0.25) is 0 Å². The van der Waals surface area contributed by atoms with Gasteiger partial charge < -0.3 is 0 Å². The highest BCUT2D eigenvalue weighted by molar-refractivity contribution is 6.17. The Morgan fingerprint density at radius 1 is 1.33 bits per heavy atom. The lowest BCUT2D eigenvalue weighted by molar-refractivity contribution is 0.780. The molecule has 1 aromatic heterocycles. The molecule has 1 nitrogen and oxygen atoms in total. The van der Waals surface area contributed by atoms with Gasteiger partial charge in [0.15, 0.2) is 0 Å². The fraction of sp³-hybridized carbons (Fsp3) is 0.500. The predicted molar refractivity (Wildman–Crippen MR) is 52.6 cm³/mol. The molecule has 0 saturated carbocycles. The lowest BCUT2D eigenvalue weighted by Gasteiger charge is -1.98. The molecule has 0 aliphatic carbocycles. The summed E-state index contributed by atoms with van der Waals surface area (Å²) in [5.41, 5.74) is 2.39. The molecule has 0 N–H and O–H groups in total. The van der Waals surface area contributed by atoms with Crippen LogP contribution in [0.1, 0.15) is 24.1 Å². The zero-order valence-corrected chi connectivity index (χ0v) is 8.14. The van der Waals surface area contributed by atoms with E-state index in [1.54, 1.807) is 0 Å². The molecule has 66 valence electrons. The summed E-state index contributed by atoms with van der Waals surface area (Å²) in [6, 6.07) is 4.19. The number of pyridine rings is 1. The molecule has 0 unspecified atom stereocenters. The number of rotatable bonds is 4. The zero-order valence-electron chi connectivity index (χ0n) is 7.39. The predicted octanol–water partition coefficient (Wildman–Crippen LogP) is 2.95. The van der Waals surface area contributed by atoms with Crippen molar-refractivity contribution in [3.05, 3.63) is 29.6 Å². The van der Waals surface area contributed by atoms with Crippen LogP contribution in [-0.2, 0) is 6.42 Å². The van der Waals surface area contributed by atoms with Crippen molar-refractivity contribution < 1.29 is 0 Å². The average Bonchev–Trinajstić information content (AvgIpc) is 2.09. The first-order valence-corrected chi connectivity index (χ1v) is 4.84. The van der Waals surface area contributed by atoms with Gasteiger partial charge in [-0.15, -0.1) is 11.6 Å². The SMILES string of the molecule is Cc1ccc(CCCCCl)nc1. The minimum Gasteiger partial charge on any atom is -0.261 e. The second-order valence-corrected chi connectivity index (χ2v) is 3.35. The Bertz CT molecular complexity index is 218. The van der Waals surface area contributed by atoms with Crippen molar-refractivity contribution in [2.24, 2.45) is 0 Å². The molecule has 0 atom stereocenters. The molecule has 0 spiro atoms. The number of aromatic nitrogens is 1. The summed E-state index contributed by atoms with van der Waals surface area (Å²) in [5, 5.41) is 0. The molecule has 0 fully saturated rings. The summed E-state index contributed by atoms with van der Waals surface area (Å²) in [6.07, 6.45) is 5.18. The van der Waals surface area contributed by atoms with E-state index in [0.29, 0.717) is 0 Å². The summed E-state index contributed by atoms with van der Waals surface area (Å²) in [5.74, 6) is 0.756. The Hall–Kier alpha value is -0.560. The van der Waals surface area contributed by atoms with Crippen molar-refractivity contribution in [1.82, 2.24) is 4.98 Å². The Balaban J connectivity index is 2.37. The molecule has 0 bridgehead atoms. The van der Waals surface area contributed by atoms with E-state index in [-0.39, 0.29) is 0 Å². The minimum absolute atomic E-state index is 0.756. The fourth-order valence-electron chi connectivity index (χ4n) is 1.05. The molecule has 1 heterocycles. The van der Waals surface area contributed by atoms with Crippen LogP contribution in [0.25, 0.3) is 0 Å². The largest absolute Gasteiger partial charge is 0.261 e. The van der Waals surface area contributed by atoms with E-state index in [1.165, 1.54) is 11.3 Å². The van der Waals surface area contributed by atoms with E-state index in [0.717, 1.165) is 25.1 Å². The van der Waals surface area contributed by atoms with Crippen molar-refractivity contribution in [1.29, 1.82) is 0 Å². The normalized spacial score (nSPS) is 10.2. The maximum Gasteiger partial charge on any atom is 0.0403 e. The topological polar surface area (TPSA) is 12.9 Å². The standard InChI is InChI=1S/C10H14ClN/c1-9-5-6-10(12-8-9)4-2-3-7-11/h5-6,8H,2-4,7H2,1H3.